The van der Waals surface area contributed by atoms with E-state index in [1.807, 2.05) is 39.0 Å². The Morgan fingerprint density at radius 1 is 1.03 bits per heavy atom. The molecule has 0 aliphatic heterocycles. The van der Waals surface area contributed by atoms with E-state index < -0.39 is 15.9 Å². The van der Waals surface area contributed by atoms with Gasteiger partial charge in [-0.15, -0.1) is 0 Å². The summed E-state index contributed by atoms with van der Waals surface area (Å²) < 4.78 is 36.8. The summed E-state index contributed by atoms with van der Waals surface area (Å²) in [6, 6.07) is 12.5. The molecule has 0 saturated carbocycles. The van der Waals surface area contributed by atoms with Gasteiger partial charge in [0.25, 0.3) is 0 Å². The number of hydrogen-bond acceptors (Lipinski definition) is 5. The summed E-state index contributed by atoms with van der Waals surface area (Å²) in [4.78, 5) is 12.4. The Bertz CT molecular complexity index is 944. The molecule has 0 aliphatic carbocycles. The van der Waals surface area contributed by atoms with Gasteiger partial charge in [-0.05, 0) is 50.1 Å². The van der Waals surface area contributed by atoms with Gasteiger partial charge >= 0.3 is 0 Å². The molecule has 0 spiro atoms. The summed E-state index contributed by atoms with van der Waals surface area (Å²) in [5.41, 5.74) is 2.51. The number of nitrogens with zero attached hydrogens (tertiary/aromatic N) is 1. The van der Waals surface area contributed by atoms with Crippen LogP contribution in [0.1, 0.15) is 18.1 Å². The minimum absolute atomic E-state index is 0.261. The maximum atomic E-state index is 12.4. The van der Waals surface area contributed by atoms with E-state index in [0.29, 0.717) is 18.0 Å². The molecule has 0 aromatic heterocycles. The number of benzene rings is 2. The molecule has 29 heavy (non-hydrogen) atoms. The fourth-order valence-corrected chi connectivity index (χ4v) is 3.60. The number of amides is 1. The first kappa shape index (κ1) is 22.5. The normalized spacial score (nSPS) is 11.0. The lowest BCUT2D eigenvalue weighted by Gasteiger charge is -2.24. The summed E-state index contributed by atoms with van der Waals surface area (Å²) in [5, 5.41) is 2.70. The quantitative estimate of drug-likeness (QED) is 0.598. The number of para-hydroxylation sites is 2. The number of aryl methyl sites for hydroxylation is 1. The van der Waals surface area contributed by atoms with E-state index in [1.54, 1.807) is 24.3 Å². The Hall–Kier alpha value is -2.74. The number of sulfonamides is 1. The monoisotopic (exact) mass is 420 g/mol. The van der Waals surface area contributed by atoms with Gasteiger partial charge in [0.1, 0.15) is 24.7 Å². The summed E-state index contributed by atoms with van der Waals surface area (Å²) in [5.74, 6) is 0.750. The molecule has 8 heteroatoms. The summed E-state index contributed by atoms with van der Waals surface area (Å²) >= 11 is 0. The lowest BCUT2D eigenvalue weighted by atomic mass is 10.1. The molecular weight excluding hydrogens is 392 g/mol. The molecular formula is C21H28N2O5S. The Morgan fingerprint density at radius 3 is 2.41 bits per heavy atom. The number of carbonyl (C=O) groups is 1. The van der Waals surface area contributed by atoms with Crippen LogP contribution in [0.3, 0.4) is 0 Å². The second-order valence-electron chi connectivity index (χ2n) is 6.57. The van der Waals surface area contributed by atoms with Crippen LogP contribution >= 0.6 is 0 Å². The van der Waals surface area contributed by atoms with Crippen molar-refractivity contribution in [3.63, 3.8) is 0 Å². The first-order chi connectivity index (χ1) is 13.7. The minimum Gasteiger partial charge on any atom is -0.492 e. The van der Waals surface area contributed by atoms with Crippen LogP contribution in [0.15, 0.2) is 42.5 Å². The van der Waals surface area contributed by atoms with Crippen LogP contribution in [0, 0.1) is 13.8 Å². The van der Waals surface area contributed by atoms with Crippen molar-refractivity contribution in [2.45, 2.75) is 20.8 Å². The molecule has 158 valence electrons. The maximum absolute atomic E-state index is 12.4. The van der Waals surface area contributed by atoms with E-state index in [2.05, 4.69) is 5.32 Å². The highest BCUT2D eigenvalue weighted by Gasteiger charge is 2.23. The number of ether oxygens (including phenoxy) is 2. The highest BCUT2D eigenvalue weighted by atomic mass is 32.2. The van der Waals surface area contributed by atoms with E-state index in [-0.39, 0.29) is 19.7 Å². The fraction of sp³-hybridized carbons (Fsp3) is 0.381. The van der Waals surface area contributed by atoms with Crippen LogP contribution in [0.25, 0.3) is 0 Å². The van der Waals surface area contributed by atoms with Crippen LogP contribution < -0.4 is 19.1 Å². The highest BCUT2D eigenvalue weighted by Crippen LogP contribution is 2.29. The van der Waals surface area contributed by atoms with E-state index in [4.69, 9.17) is 9.47 Å². The van der Waals surface area contributed by atoms with Crippen LogP contribution in [-0.2, 0) is 14.8 Å². The Labute approximate surface area is 172 Å². The van der Waals surface area contributed by atoms with Crippen LogP contribution in [0.2, 0.25) is 0 Å². The molecule has 0 saturated heterocycles. The average molecular weight is 421 g/mol. The summed E-state index contributed by atoms with van der Waals surface area (Å²) in [6.45, 7) is 6.38. The zero-order valence-corrected chi connectivity index (χ0v) is 18.1. The summed E-state index contributed by atoms with van der Waals surface area (Å²) in [6.07, 6.45) is 1.06. The van der Waals surface area contributed by atoms with Crippen molar-refractivity contribution >= 4 is 21.6 Å². The van der Waals surface area contributed by atoms with Crippen molar-refractivity contribution in [2.75, 3.05) is 36.9 Å². The zero-order chi connectivity index (χ0) is 21.4. The van der Waals surface area contributed by atoms with Crippen molar-refractivity contribution in [2.24, 2.45) is 0 Å². The Balaban J connectivity index is 1.98. The third-order valence-corrected chi connectivity index (χ3v) is 5.48. The summed E-state index contributed by atoms with van der Waals surface area (Å²) in [7, 11) is -3.68. The standard InChI is InChI=1S/C21H28N2O5S/c1-5-27-20-11-7-6-10-18(20)23(29(4,25)26)15-21(24)22-13-14-28-19-12-8-9-16(2)17(19)3/h6-12H,5,13-15H2,1-4H3,(H,22,24). The predicted octanol–water partition coefficient (Wildman–Crippen LogP) is 2.66. The van der Waals surface area contributed by atoms with Gasteiger partial charge in [0.05, 0.1) is 25.1 Å². The molecule has 0 radical (unpaired) electrons. The molecule has 0 fully saturated rings. The number of rotatable bonds is 10. The topological polar surface area (TPSA) is 84.9 Å². The number of carbonyl (C=O) groups excluding carboxylic acids is 1. The SMILES string of the molecule is CCOc1ccccc1N(CC(=O)NCCOc1cccc(C)c1C)S(C)(=O)=O. The van der Waals surface area contributed by atoms with Gasteiger partial charge < -0.3 is 14.8 Å². The second-order valence-corrected chi connectivity index (χ2v) is 8.47. The van der Waals surface area contributed by atoms with E-state index >= 15 is 0 Å². The zero-order valence-electron chi connectivity index (χ0n) is 17.3. The number of nitrogens with one attached hydrogen (secondary N) is 1. The van der Waals surface area contributed by atoms with Gasteiger partial charge in [-0.2, -0.15) is 0 Å². The van der Waals surface area contributed by atoms with Crippen molar-refractivity contribution in [1.29, 1.82) is 0 Å². The van der Waals surface area contributed by atoms with Crippen molar-refractivity contribution in [3.8, 4) is 11.5 Å². The van der Waals surface area contributed by atoms with E-state index in [1.165, 1.54) is 0 Å². The molecule has 0 aliphatic rings. The fourth-order valence-electron chi connectivity index (χ4n) is 2.74. The average Bonchev–Trinajstić information content (AvgIpc) is 2.66. The van der Waals surface area contributed by atoms with Crippen molar-refractivity contribution in [3.05, 3.63) is 53.6 Å². The Kier molecular flexibility index (Phi) is 7.90. The third-order valence-electron chi connectivity index (χ3n) is 4.36. The highest BCUT2D eigenvalue weighted by molar-refractivity contribution is 7.92. The van der Waals surface area contributed by atoms with Crippen LogP contribution in [-0.4, -0.2) is 46.9 Å². The smallest absolute Gasteiger partial charge is 0.240 e. The molecule has 2 rings (SSSR count). The van der Waals surface area contributed by atoms with Crippen LogP contribution in [0.5, 0.6) is 11.5 Å². The largest absolute Gasteiger partial charge is 0.492 e. The molecule has 0 unspecified atom stereocenters. The molecule has 0 bridgehead atoms. The lowest BCUT2D eigenvalue weighted by molar-refractivity contribution is -0.119. The maximum Gasteiger partial charge on any atom is 0.240 e. The molecule has 2 aromatic rings. The molecule has 0 atom stereocenters. The first-order valence-electron chi connectivity index (χ1n) is 9.39. The van der Waals surface area contributed by atoms with Gasteiger partial charge in [-0.25, -0.2) is 8.42 Å². The van der Waals surface area contributed by atoms with Crippen molar-refractivity contribution < 1.29 is 22.7 Å². The van der Waals surface area contributed by atoms with Crippen LogP contribution in [0.4, 0.5) is 5.69 Å². The molecule has 1 N–H and O–H groups in total. The number of hydrogen-bond donors (Lipinski definition) is 1. The number of anilines is 1. The van der Waals surface area contributed by atoms with Gasteiger partial charge in [0.15, 0.2) is 0 Å². The molecule has 2 aromatic carbocycles. The van der Waals surface area contributed by atoms with E-state index in [0.717, 1.165) is 27.4 Å². The van der Waals surface area contributed by atoms with Gasteiger partial charge in [0.2, 0.25) is 15.9 Å². The Morgan fingerprint density at radius 2 is 1.72 bits per heavy atom. The van der Waals surface area contributed by atoms with E-state index in [9.17, 15) is 13.2 Å². The molecule has 7 nitrogen and oxygen atoms in total. The first-order valence-corrected chi connectivity index (χ1v) is 11.2. The third kappa shape index (κ3) is 6.39. The van der Waals surface area contributed by atoms with Gasteiger partial charge in [-0.1, -0.05) is 24.3 Å². The molecule has 0 heterocycles. The molecule has 1 amide bonds. The van der Waals surface area contributed by atoms with Crippen molar-refractivity contribution in [1.82, 2.24) is 5.32 Å². The minimum atomic E-state index is -3.68. The lowest BCUT2D eigenvalue weighted by Crippen LogP contribution is -2.41. The van der Waals surface area contributed by atoms with Gasteiger partial charge in [0, 0.05) is 0 Å². The second kappa shape index (κ2) is 10.2. The van der Waals surface area contributed by atoms with Gasteiger partial charge in [-0.3, -0.25) is 9.10 Å². The predicted molar refractivity (Wildman–Crippen MR) is 114 cm³/mol.